The monoisotopic (exact) mass is 504 g/mol. The van der Waals surface area contributed by atoms with Crippen LogP contribution in [0, 0.1) is 0 Å². The molecule has 3 rings (SSSR count). The zero-order chi connectivity index (χ0) is 25.3. The number of hydrogen-bond acceptors (Lipinski definition) is 16. The first-order chi connectivity index (χ1) is 16.0. The molecule has 11 N–H and O–H groups in total. The highest BCUT2D eigenvalue weighted by Crippen LogP contribution is 2.32. The minimum atomic E-state index is -1.94. The lowest BCUT2D eigenvalue weighted by molar-refractivity contribution is -0.387. The summed E-state index contributed by atoms with van der Waals surface area (Å²) in [6.45, 7) is -2.33. The van der Waals surface area contributed by atoms with Crippen LogP contribution in [-0.4, -0.2) is 168 Å². The second kappa shape index (κ2) is 11.6. The van der Waals surface area contributed by atoms with Crippen molar-refractivity contribution in [3.63, 3.8) is 0 Å². The van der Waals surface area contributed by atoms with E-state index in [2.05, 4.69) is 0 Å². The lowest BCUT2D eigenvalue weighted by Gasteiger charge is -2.48. The molecule has 0 saturated carbocycles. The van der Waals surface area contributed by atoms with Gasteiger partial charge in [-0.2, -0.15) is 0 Å². The number of ether oxygens (including phenoxy) is 5. The molecule has 3 fully saturated rings. The standard InChI is InChI=1S/C18H32O16/c19-1-4-7(22)10(25)12(27)17(31-4)33-14-9(24)6(3-21)30-16(29)15(14)34-18-13(28)11(26)8(23)5(2-20)32-18/h4-29H,1-3H2/t4-,5-,6-,7+,8+,9+,10+,11+,12-,13-,14+,15-,16+,17+,18+/m1/s1. The molecule has 0 aliphatic carbocycles. The number of rotatable bonds is 7. The van der Waals surface area contributed by atoms with Crippen LogP contribution in [0.15, 0.2) is 0 Å². The molecule has 0 aromatic rings. The van der Waals surface area contributed by atoms with Crippen molar-refractivity contribution in [3.8, 4) is 0 Å². The fraction of sp³-hybridized carbons (Fsp3) is 1.00. The predicted octanol–water partition coefficient (Wildman–Crippen LogP) is -7.57. The molecule has 0 unspecified atom stereocenters. The van der Waals surface area contributed by atoms with Crippen molar-refractivity contribution in [1.82, 2.24) is 0 Å². The van der Waals surface area contributed by atoms with Gasteiger partial charge in [0.25, 0.3) is 0 Å². The van der Waals surface area contributed by atoms with Gasteiger partial charge >= 0.3 is 0 Å². The van der Waals surface area contributed by atoms with Crippen molar-refractivity contribution in [2.24, 2.45) is 0 Å². The van der Waals surface area contributed by atoms with Crippen molar-refractivity contribution in [3.05, 3.63) is 0 Å². The Hall–Kier alpha value is -0.640. The maximum atomic E-state index is 10.6. The summed E-state index contributed by atoms with van der Waals surface area (Å²) in [5.41, 5.74) is 0. The lowest BCUT2D eigenvalue weighted by atomic mass is 9.96. The summed E-state index contributed by atoms with van der Waals surface area (Å²) in [5.74, 6) is 0. The minimum absolute atomic E-state index is 0.769. The first-order valence-corrected chi connectivity index (χ1v) is 10.6. The van der Waals surface area contributed by atoms with Crippen LogP contribution in [0.4, 0.5) is 0 Å². The van der Waals surface area contributed by atoms with Gasteiger partial charge in [0, 0.05) is 0 Å². The summed E-state index contributed by atoms with van der Waals surface area (Å²) in [6, 6.07) is 0. The van der Waals surface area contributed by atoms with E-state index >= 15 is 0 Å². The number of aliphatic hydroxyl groups is 11. The summed E-state index contributed by atoms with van der Waals surface area (Å²) < 4.78 is 26.5. The topological polar surface area (TPSA) is 269 Å². The molecule has 0 radical (unpaired) electrons. The van der Waals surface area contributed by atoms with Crippen LogP contribution in [-0.2, 0) is 23.7 Å². The van der Waals surface area contributed by atoms with Gasteiger partial charge in [-0.1, -0.05) is 0 Å². The van der Waals surface area contributed by atoms with Gasteiger partial charge in [0.15, 0.2) is 18.9 Å². The van der Waals surface area contributed by atoms with Crippen LogP contribution < -0.4 is 0 Å². The Morgan fingerprint density at radius 3 is 1.24 bits per heavy atom. The van der Waals surface area contributed by atoms with E-state index in [1.54, 1.807) is 0 Å². The highest BCUT2D eigenvalue weighted by molar-refractivity contribution is 4.96. The van der Waals surface area contributed by atoms with Gasteiger partial charge in [0.2, 0.25) is 0 Å². The third-order valence-electron chi connectivity index (χ3n) is 6.10. The normalized spacial score (nSPS) is 52.5. The van der Waals surface area contributed by atoms with Gasteiger partial charge < -0.3 is 79.9 Å². The fourth-order valence-electron chi connectivity index (χ4n) is 4.03. The van der Waals surface area contributed by atoms with Gasteiger partial charge in [-0.3, -0.25) is 0 Å². The lowest BCUT2D eigenvalue weighted by Crippen LogP contribution is -2.67. The van der Waals surface area contributed by atoms with Gasteiger partial charge in [0.1, 0.15) is 73.2 Å². The highest BCUT2D eigenvalue weighted by Gasteiger charge is 2.53. The van der Waals surface area contributed by atoms with Crippen molar-refractivity contribution in [1.29, 1.82) is 0 Å². The summed E-state index contributed by atoms with van der Waals surface area (Å²) in [6.07, 6.45) is -25.6. The van der Waals surface area contributed by atoms with Crippen molar-refractivity contribution < 1.29 is 79.9 Å². The molecule has 3 aliphatic heterocycles. The molecule has 0 spiro atoms. The van der Waals surface area contributed by atoms with E-state index in [0.717, 1.165) is 0 Å². The van der Waals surface area contributed by atoms with Gasteiger partial charge in [-0.15, -0.1) is 0 Å². The fourth-order valence-corrected chi connectivity index (χ4v) is 4.03. The molecule has 34 heavy (non-hydrogen) atoms. The van der Waals surface area contributed by atoms with Gasteiger partial charge in [-0.05, 0) is 0 Å². The van der Waals surface area contributed by atoms with Crippen molar-refractivity contribution in [2.45, 2.75) is 92.1 Å². The molecule has 3 saturated heterocycles. The van der Waals surface area contributed by atoms with Crippen LogP contribution >= 0.6 is 0 Å². The smallest absolute Gasteiger partial charge is 0.187 e. The number of hydrogen-bond donors (Lipinski definition) is 11. The second-order valence-electron chi connectivity index (χ2n) is 8.33. The van der Waals surface area contributed by atoms with E-state index in [0.29, 0.717) is 0 Å². The van der Waals surface area contributed by atoms with Crippen molar-refractivity contribution in [2.75, 3.05) is 19.8 Å². The largest absolute Gasteiger partial charge is 0.394 e. The first kappa shape index (κ1) is 27.9. The molecular formula is C18H32O16. The molecule has 0 bridgehead atoms. The molecule has 200 valence electrons. The molecule has 0 amide bonds. The maximum absolute atomic E-state index is 10.6. The summed E-state index contributed by atoms with van der Waals surface area (Å²) in [7, 11) is 0. The van der Waals surface area contributed by atoms with E-state index in [1.165, 1.54) is 0 Å². The Morgan fingerprint density at radius 1 is 0.441 bits per heavy atom. The number of aliphatic hydroxyl groups excluding tert-OH is 11. The quantitative estimate of drug-likeness (QED) is 0.154. The third kappa shape index (κ3) is 5.37. The SMILES string of the molecule is OC[C@H]1O[C@@H](O[C@@H]2[C@@H](O[C@@H]3O[C@H](CO)[C@H](O)[C@H](O)[C@H]3O)[C@@H](O)[C@@H](CO)O[C@@H]2O)[C@H](O)[C@@H](O)[C@H]1O. The molecular weight excluding hydrogens is 472 g/mol. The van der Waals surface area contributed by atoms with E-state index in [-0.39, 0.29) is 0 Å². The van der Waals surface area contributed by atoms with Crippen LogP contribution in [0.5, 0.6) is 0 Å². The van der Waals surface area contributed by atoms with Crippen LogP contribution in [0.1, 0.15) is 0 Å². The summed E-state index contributed by atoms with van der Waals surface area (Å²) >= 11 is 0. The second-order valence-corrected chi connectivity index (χ2v) is 8.33. The molecule has 0 aromatic heterocycles. The zero-order valence-electron chi connectivity index (χ0n) is 17.7. The minimum Gasteiger partial charge on any atom is -0.394 e. The van der Waals surface area contributed by atoms with Crippen LogP contribution in [0.3, 0.4) is 0 Å². The molecule has 3 heterocycles. The Balaban J connectivity index is 1.83. The van der Waals surface area contributed by atoms with Crippen molar-refractivity contribution >= 4 is 0 Å². The molecule has 3 aliphatic rings. The Morgan fingerprint density at radius 2 is 0.824 bits per heavy atom. The maximum Gasteiger partial charge on any atom is 0.187 e. The average molecular weight is 504 g/mol. The predicted molar refractivity (Wildman–Crippen MR) is 101 cm³/mol. The summed E-state index contributed by atoms with van der Waals surface area (Å²) in [5, 5.41) is 109. The van der Waals surface area contributed by atoms with E-state index < -0.39 is 112 Å². The van der Waals surface area contributed by atoms with Gasteiger partial charge in [0.05, 0.1) is 19.8 Å². The van der Waals surface area contributed by atoms with Gasteiger partial charge in [-0.25, -0.2) is 0 Å². The first-order valence-electron chi connectivity index (χ1n) is 10.6. The molecule has 15 atom stereocenters. The molecule has 16 nitrogen and oxygen atoms in total. The van der Waals surface area contributed by atoms with E-state index in [9.17, 15) is 56.2 Å². The van der Waals surface area contributed by atoms with E-state index in [4.69, 9.17) is 23.7 Å². The average Bonchev–Trinajstić information content (AvgIpc) is 2.83. The molecule has 16 heteroatoms. The van der Waals surface area contributed by atoms with Crippen LogP contribution in [0.25, 0.3) is 0 Å². The summed E-state index contributed by atoms with van der Waals surface area (Å²) in [4.78, 5) is 0. The Bertz CT molecular complexity index is 637. The highest BCUT2D eigenvalue weighted by atomic mass is 16.8. The third-order valence-corrected chi connectivity index (χ3v) is 6.10. The Kier molecular flexibility index (Phi) is 9.54. The molecule has 0 aromatic carbocycles. The zero-order valence-corrected chi connectivity index (χ0v) is 17.7. The van der Waals surface area contributed by atoms with Crippen LogP contribution in [0.2, 0.25) is 0 Å². The Labute approximate surface area is 192 Å². The van der Waals surface area contributed by atoms with E-state index in [1.807, 2.05) is 0 Å².